The van der Waals surface area contributed by atoms with Crippen molar-refractivity contribution in [3.63, 3.8) is 0 Å². The highest BCUT2D eigenvalue weighted by Crippen LogP contribution is 2.32. The molecule has 2 rings (SSSR count). The first-order valence-corrected chi connectivity index (χ1v) is 7.32. The van der Waals surface area contributed by atoms with Gasteiger partial charge in [-0.1, -0.05) is 36.9 Å². The van der Waals surface area contributed by atoms with Gasteiger partial charge in [-0.25, -0.2) is 4.98 Å². The molecule has 6 heteroatoms. The zero-order valence-electron chi connectivity index (χ0n) is 11.4. The predicted octanol–water partition coefficient (Wildman–Crippen LogP) is 4.36. The maximum atomic E-state index is 12.5. The van der Waals surface area contributed by atoms with Gasteiger partial charge in [0.25, 0.3) is 0 Å². The van der Waals surface area contributed by atoms with Gasteiger partial charge in [0.1, 0.15) is 5.03 Å². The zero-order valence-corrected chi connectivity index (χ0v) is 12.3. The monoisotopic (exact) mass is 312 g/mol. The molecule has 0 bridgehead atoms. The van der Waals surface area contributed by atoms with Crippen LogP contribution in [0.2, 0.25) is 0 Å². The maximum absolute atomic E-state index is 12.5. The average Bonchev–Trinajstić information content (AvgIpc) is 2.46. The fourth-order valence-corrected chi connectivity index (χ4v) is 2.61. The fraction of sp³-hybridized carbons (Fsp3) is 0.267. The summed E-state index contributed by atoms with van der Waals surface area (Å²) >= 11 is 1.37. The van der Waals surface area contributed by atoms with E-state index in [0.717, 1.165) is 35.8 Å². The number of pyridine rings is 1. The molecule has 0 aliphatic heterocycles. The minimum Gasteiger partial charge on any atom is -0.313 e. The molecule has 0 saturated carbocycles. The third kappa shape index (κ3) is 4.47. The summed E-state index contributed by atoms with van der Waals surface area (Å²) in [6.45, 7) is 3.60. The number of alkyl halides is 3. The number of rotatable bonds is 5. The molecule has 21 heavy (non-hydrogen) atoms. The van der Waals surface area contributed by atoms with E-state index in [0.29, 0.717) is 5.03 Å². The summed E-state index contributed by atoms with van der Waals surface area (Å²) in [4.78, 5) is 4.88. The Morgan fingerprint density at radius 2 is 1.90 bits per heavy atom. The van der Waals surface area contributed by atoms with Gasteiger partial charge in [-0.05, 0) is 30.3 Å². The standard InChI is InChI=1S/C15H15F3N2S/c1-2-19-9-11-5-3-4-6-13(11)21-14-8-7-12(10-20-14)15(16,17)18/h3-8,10,19H,2,9H2,1H3. The highest BCUT2D eigenvalue weighted by Gasteiger charge is 2.30. The summed E-state index contributed by atoms with van der Waals surface area (Å²) in [5.41, 5.74) is 0.374. The largest absolute Gasteiger partial charge is 0.417 e. The second-order valence-corrected chi connectivity index (χ2v) is 5.44. The molecule has 1 aromatic carbocycles. The van der Waals surface area contributed by atoms with Gasteiger partial charge in [-0.2, -0.15) is 13.2 Å². The van der Waals surface area contributed by atoms with Crippen LogP contribution in [0.25, 0.3) is 0 Å². The van der Waals surface area contributed by atoms with Crippen molar-refractivity contribution in [3.8, 4) is 0 Å². The van der Waals surface area contributed by atoms with Crippen LogP contribution in [0.15, 0.2) is 52.5 Å². The number of hydrogen-bond acceptors (Lipinski definition) is 3. The molecule has 1 N–H and O–H groups in total. The van der Waals surface area contributed by atoms with Crippen LogP contribution in [0, 0.1) is 0 Å². The maximum Gasteiger partial charge on any atom is 0.417 e. The third-order valence-corrected chi connectivity index (χ3v) is 3.89. The van der Waals surface area contributed by atoms with Gasteiger partial charge in [0.2, 0.25) is 0 Å². The lowest BCUT2D eigenvalue weighted by atomic mass is 10.2. The predicted molar refractivity (Wildman–Crippen MR) is 77.2 cm³/mol. The van der Waals surface area contributed by atoms with E-state index in [1.54, 1.807) is 0 Å². The lowest BCUT2D eigenvalue weighted by Crippen LogP contribution is -2.12. The van der Waals surface area contributed by atoms with Crippen LogP contribution in [-0.4, -0.2) is 11.5 Å². The van der Waals surface area contributed by atoms with Gasteiger partial charge in [-0.3, -0.25) is 0 Å². The minimum absolute atomic E-state index is 0.548. The van der Waals surface area contributed by atoms with Crippen molar-refractivity contribution in [2.45, 2.75) is 29.6 Å². The van der Waals surface area contributed by atoms with Crippen LogP contribution in [0.3, 0.4) is 0 Å². The van der Waals surface area contributed by atoms with Crippen LogP contribution in [0.5, 0.6) is 0 Å². The number of halogens is 3. The molecule has 0 amide bonds. The van der Waals surface area contributed by atoms with Crippen LogP contribution in [0.1, 0.15) is 18.1 Å². The minimum atomic E-state index is -4.35. The Labute approximate surface area is 125 Å². The smallest absolute Gasteiger partial charge is 0.313 e. The molecule has 0 spiro atoms. The van der Waals surface area contributed by atoms with Gasteiger partial charge < -0.3 is 5.32 Å². The summed E-state index contributed by atoms with van der Waals surface area (Å²) in [5.74, 6) is 0. The molecular formula is C15H15F3N2S. The summed E-state index contributed by atoms with van der Waals surface area (Å²) in [6.07, 6.45) is -3.48. The first-order chi connectivity index (χ1) is 10.0. The van der Waals surface area contributed by atoms with E-state index in [4.69, 9.17) is 0 Å². The lowest BCUT2D eigenvalue weighted by Gasteiger charge is -2.10. The molecule has 2 nitrogen and oxygen atoms in total. The topological polar surface area (TPSA) is 24.9 Å². The van der Waals surface area contributed by atoms with E-state index in [2.05, 4.69) is 10.3 Å². The van der Waals surface area contributed by atoms with Crippen molar-refractivity contribution in [2.75, 3.05) is 6.54 Å². The van der Waals surface area contributed by atoms with Gasteiger partial charge in [0.15, 0.2) is 0 Å². The van der Waals surface area contributed by atoms with Crippen molar-refractivity contribution >= 4 is 11.8 Å². The molecule has 0 saturated heterocycles. The molecule has 0 fully saturated rings. The highest BCUT2D eigenvalue weighted by molar-refractivity contribution is 7.99. The quantitative estimate of drug-likeness (QED) is 0.888. The van der Waals surface area contributed by atoms with E-state index in [1.165, 1.54) is 17.8 Å². The molecule has 1 aromatic heterocycles. The van der Waals surface area contributed by atoms with E-state index in [-0.39, 0.29) is 0 Å². The average molecular weight is 312 g/mol. The van der Waals surface area contributed by atoms with Gasteiger partial charge in [-0.15, -0.1) is 0 Å². The van der Waals surface area contributed by atoms with Crippen LogP contribution in [0.4, 0.5) is 13.2 Å². The van der Waals surface area contributed by atoms with E-state index in [1.807, 2.05) is 31.2 Å². The summed E-state index contributed by atoms with van der Waals surface area (Å²) in [6, 6.07) is 10.2. The number of nitrogens with zero attached hydrogens (tertiary/aromatic N) is 1. The fourth-order valence-electron chi connectivity index (χ4n) is 1.73. The van der Waals surface area contributed by atoms with Gasteiger partial charge in [0, 0.05) is 17.6 Å². The number of benzene rings is 1. The Kier molecular flexibility index (Phi) is 5.25. The molecule has 1 heterocycles. The second kappa shape index (κ2) is 6.95. The van der Waals surface area contributed by atoms with Crippen molar-refractivity contribution in [1.29, 1.82) is 0 Å². The Bertz CT molecular complexity index is 582. The van der Waals surface area contributed by atoms with E-state index >= 15 is 0 Å². The van der Waals surface area contributed by atoms with Crippen LogP contribution in [-0.2, 0) is 12.7 Å². The Morgan fingerprint density at radius 1 is 1.14 bits per heavy atom. The third-order valence-electron chi connectivity index (χ3n) is 2.82. The van der Waals surface area contributed by atoms with Crippen LogP contribution < -0.4 is 5.32 Å². The van der Waals surface area contributed by atoms with Crippen LogP contribution >= 0.6 is 11.8 Å². The second-order valence-electron chi connectivity index (χ2n) is 4.37. The lowest BCUT2D eigenvalue weighted by molar-refractivity contribution is -0.137. The summed E-state index contributed by atoms with van der Waals surface area (Å²) < 4.78 is 37.5. The van der Waals surface area contributed by atoms with Crippen molar-refractivity contribution in [3.05, 3.63) is 53.7 Å². The SMILES string of the molecule is CCNCc1ccccc1Sc1ccc(C(F)(F)F)cn1. The summed E-state index contributed by atoms with van der Waals surface area (Å²) in [5, 5.41) is 3.79. The summed E-state index contributed by atoms with van der Waals surface area (Å²) in [7, 11) is 0. The molecule has 112 valence electrons. The Morgan fingerprint density at radius 3 is 2.52 bits per heavy atom. The molecule has 2 aromatic rings. The van der Waals surface area contributed by atoms with E-state index in [9.17, 15) is 13.2 Å². The molecule has 0 unspecified atom stereocenters. The number of aromatic nitrogens is 1. The Hall–Kier alpha value is -1.53. The molecule has 0 radical (unpaired) electrons. The first kappa shape index (κ1) is 15.9. The number of hydrogen-bond donors (Lipinski definition) is 1. The zero-order chi connectivity index (χ0) is 15.3. The number of nitrogens with one attached hydrogen (secondary N) is 1. The molecule has 0 aliphatic rings. The normalized spacial score (nSPS) is 11.6. The molecule has 0 atom stereocenters. The molecular weight excluding hydrogens is 297 g/mol. The van der Waals surface area contributed by atoms with Gasteiger partial charge >= 0.3 is 6.18 Å². The highest BCUT2D eigenvalue weighted by atomic mass is 32.2. The Balaban J connectivity index is 2.15. The van der Waals surface area contributed by atoms with Crippen molar-refractivity contribution in [1.82, 2.24) is 10.3 Å². The first-order valence-electron chi connectivity index (χ1n) is 6.50. The molecule has 0 aliphatic carbocycles. The van der Waals surface area contributed by atoms with Crippen molar-refractivity contribution < 1.29 is 13.2 Å². The van der Waals surface area contributed by atoms with Crippen molar-refractivity contribution in [2.24, 2.45) is 0 Å². The van der Waals surface area contributed by atoms with Gasteiger partial charge in [0.05, 0.1) is 5.56 Å². The van der Waals surface area contributed by atoms with E-state index < -0.39 is 11.7 Å².